The summed E-state index contributed by atoms with van der Waals surface area (Å²) in [5.41, 5.74) is 3.02. The summed E-state index contributed by atoms with van der Waals surface area (Å²) in [5.74, 6) is 0. The van der Waals surface area contributed by atoms with Gasteiger partial charge in [-0.05, 0) is 17.9 Å². The number of nitrogens with zero attached hydrogens (tertiary/aromatic N) is 1. The Morgan fingerprint density at radius 1 is 1.78 bits per heavy atom. The predicted molar refractivity (Wildman–Crippen MR) is 40.6 cm³/mol. The summed E-state index contributed by atoms with van der Waals surface area (Å²) in [6, 6.07) is 0.481. The minimum Gasteiger partial charge on any atom is -0.302 e. The first-order valence-corrected chi connectivity index (χ1v) is 3.88. The lowest BCUT2D eigenvalue weighted by molar-refractivity contribution is 0.704. The molecule has 48 valence electrons. The molecular weight excluding hydrogens is 132 g/mol. The summed E-state index contributed by atoms with van der Waals surface area (Å²) in [4.78, 5) is 1.41. The molecule has 0 aromatic heterocycles. The normalized spacial score (nSPS) is 38.1. The van der Waals surface area contributed by atoms with Gasteiger partial charge in [-0.2, -0.15) is 5.10 Å². The van der Waals surface area contributed by atoms with E-state index in [0.717, 1.165) is 0 Å². The van der Waals surface area contributed by atoms with Crippen LogP contribution in [-0.4, -0.2) is 17.5 Å². The summed E-state index contributed by atoms with van der Waals surface area (Å²) in [6.45, 7) is 2.14. The zero-order chi connectivity index (χ0) is 6.27. The second-order valence-corrected chi connectivity index (χ2v) is 3.72. The second kappa shape index (κ2) is 1.77. The van der Waals surface area contributed by atoms with Gasteiger partial charge in [0, 0.05) is 6.21 Å². The van der Waals surface area contributed by atoms with Gasteiger partial charge in [0.05, 0.1) is 11.3 Å². The summed E-state index contributed by atoms with van der Waals surface area (Å²) < 4.78 is 0. The van der Waals surface area contributed by atoms with Crippen molar-refractivity contribution in [3.63, 3.8) is 0 Å². The molecule has 0 saturated carbocycles. The van der Waals surface area contributed by atoms with Gasteiger partial charge in [0.2, 0.25) is 0 Å². The van der Waals surface area contributed by atoms with Crippen LogP contribution in [0.2, 0.25) is 0 Å². The first kappa shape index (κ1) is 5.35. The van der Waals surface area contributed by atoms with E-state index in [1.165, 1.54) is 4.91 Å². The van der Waals surface area contributed by atoms with E-state index in [1.54, 1.807) is 0 Å². The van der Waals surface area contributed by atoms with Crippen molar-refractivity contribution in [1.82, 2.24) is 5.43 Å². The van der Waals surface area contributed by atoms with Gasteiger partial charge in [-0.25, -0.2) is 0 Å². The second-order valence-electron chi connectivity index (χ2n) is 2.29. The fourth-order valence-electron chi connectivity index (χ4n) is 1.11. The molecule has 0 fully saturated rings. The zero-order valence-electron chi connectivity index (χ0n) is 5.16. The molecule has 0 radical (unpaired) electrons. The Balaban J connectivity index is 2.19. The Kier molecular flexibility index (Phi) is 1.05. The fourth-order valence-corrected chi connectivity index (χ4v) is 2.17. The molecule has 1 N–H and O–H groups in total. The van der Waals surface area contributed by atoms with Gasteiger partial charge in [0.1, 0.15) is 0 Å². The van der Waals surface area contributed by atoms with E-state index in [1.807, 2.05) is 18.0 Å². The van der Waals surface area contributed by atoms with E-state index in [2.05, 4.69) is 23.5 Å². The van der Waals surface area contributed by atoms with E-state index in [4.69, 9.17) is 0 Å². The highest BCUT2D eigenvalue weighted by molar-refractivity contribution is 8.04. The quantitative estimate of drug-likeness (QED) is 0.542. The summed E-state index contributed by atoms with van der Waals surface area (Å²) in [7, 11) is 0. The van der Waals surface area contributed by atoms with Gasteiger partial charge in [0.25, 0.3) is 0 Å². The zero-order valence-corrected chi connectivity index (χ0v) is 5.98. The topological polar surface area (TPSA) is 24.4 Å². The number of nitrogens with one attached hydrogen (secondary N) is 1. The number of hydrazone groups is 1. The van der Waals surface area contributed by atoms with Crippen LogP contribution in [0.5, 0.6) is 0 Å². The average molecular weight is 140 g/mol. The lowest BCUT2D eigenvalue weighted by Crippen LogP contribution is -2.23. The standard InChI is InChI=1S/C6H8N2S/c1-4-2-5-6(9-4)3-7-8-5/h2-3,5-6,8H,1H3. The smallest absolute Gasteiger partial charge is 0.0803 e. The average Bonchev–Trinajstić information content (AvgIpc) is 2.22. The van der Waals surface area contributed by atoms with Crippen molar-refractivity contribution in [1.29, 1.82) is 0 Å². The van der Waals surface area contributed by atoms with Crippen LogP contribution in [0.15, 0.2) is 16.1 Å². The molecule has 0 aromatic rings. The molecule has 0 aliphatic carbocycles. The molecule has 0 bridgehead atoms. The minimum absolute atomic E-state index is 0.481. The largest absolute Gasteiger partial charge is 0.302 e. The Hall–Kier alpha value is -0.440. The van der Waals surface area contributed by atoms with Gasteiger partial charge >= 0.3 is 0 Å². The van der Waals surface area contributed by atoms with Gasteiger partial charge in [-0.3, -0.25) is 0 Å². The van der Waals surface area contributed by atoms with E-state index in [9.17, 15) is 0 Å². The van der Waals surface area contributed by atoms with Crippen LogP contribution in [0.25, 0.3) is 0 Å². The van der Waals surface area contributed by atoms with Crippen molar-refractivity contribution in [3.8, 4) is 0 Å². The summed E-state index contributed by atoms with van der Waals surface area (Å²) in [6.07, 6.45) is 4.20. The Bertz CT molecular complexity index is 185. The third-order valence-electron chi connectivity index (χ3n) is 1.54. The van der Waals surface area contributed by atoms with Gasteiger partial charge < -0.3 is 5.43 Å². The number of hydrogen-bond donors (Lipinski definition) is 1. The molecule has 2 aliphatic rings. The van der Waals surface area contributed by atoms with E-state index in [-0.39, 0.29) is 0 Å². The van der Waals surface area contributed by atoms with E-state index in [0.29, 0.717) is 11.3 Å². The van der Waals surface area contributed by atoms with Crippen LogP contribution in [0.1, 0.15) is 6.92 Å². The van der Waals surface area contributed by atoms with Gasteiger partial charge in [0.15, 0.2) is 0 Å². The molecule has 2 nitrogen and oxygen atoms in total. The molecule has 0 amide bonds. The predicted octanol–water partition coefficient (Wildman–Crippen LogP) is 0.963. The number of thioether (sulfide) groups is 1. The number of fused-ring (bicyclic) bond motifs is 1. The molecular formula is C6H8N2S. The lowest BCUT2D eigenvalue weighted by Gasteiger charge is -2.02. The Labute approximate surface area is 58.4 Å². The first-order chi connectivity index (χ1) is 4.36. The van der Waals surface area contributed by atoms with Crippen molar-refractivity contribution in [2.75, 3.05) is 0 Å². The molecule has 2 aliphatic heterocycles. The first-order valence-electron chi connectivity index (χ1n) is 3.00. The lowest BCUT2D eigenvalue weighted by atomic mass is 10.2. The number of hydrogen-bond acceptors (Lipinski definition) is 3. The number of rotatable bonds is 0. The highest BCUT2D eigenvalue weighted by atomic mass is 32.2. The maximum Gasteiger partial charge on any atom is 0.0803 e. The highest BCUT2D eigenvalue weighted by Crippen LogP contribution is 2.32. The van der Waals surface area contributed by atoms with Crippen molar-refractivity contribution in [2.45, 2.75) is 18.2 Å². The van der Waals surface area contributed by atoms with Crippen LogP contribution in [0.4, 0.5) is 0 Å². The molecule has 0 aromatic carbocycles. The maximum atomic E-state index is 3.96. The maximum absolute atomic E-state index is 3.96. The monoisotopic (exact) mass is 140 g/mol. The molecule has 9 heavy (non-hydrogen) atoms. The van der Waals surface area contributed by atoms with Crippen LogP contribution in [0, 0.1) is 0 Å². The summed E-state index contributed by atoms with van der Waals surface area (Å²) >= 11 is 1.89. The molecule has 0 saturated heterocycles. The highest BCUT2D eigenvalue weighted by Gasteiger charge is 2.27. The van der Waals surface area contributed by atoms with Crippen LogP contribution in [0.3, 0.4) is 0 Å². The Morgan fingerprint density at radius 2 is 2.67 bits per heavy atom. The minimum atomic E-state index is 0.481. The van der Waals surface area contributed by atoms with Crippen molar-refractivity contribution in [3.05, 3.63) is 11.0 Å². The van der Waals surface area contributed by atoms with Crippen molar-refractivity contribution in [2.24, 2.45) is 5.10 Å². The molecule has 2 atom stereocenters. The van der Waals surface area contributed by atoms with Crippen LogP contribution < -0.4 is 5.43 Å². The van der Waals surface area contributed by atoms with Crippen LogP contribution in [-0.2, 0) is 0 Å². The molecule has 3 heteroatoms. The van der Waals surface area contributed by atoms with Gasteiger partial charge in [-0.1, -0.05) is 0 Å². The fraction of sp³-hybridized carbons (Fsp3) is 0.500. The Morgan fingerprint density at radius 3 is 3.44 bits per heavy atom. The molecule has 2 heterocycles. The van der Waals surface area contributed by atoms with Crippen LogP contribution >= 0.6 is 11.8 Å². The van der Waals surface area contributed by atoms with Crippen molar-refractivity contribution >= 4 is 18.0 Å². The number of allylic oxidation sites excluding steroid dienone is 1. The summed E-state index contributed by atoms with van der Waals surface area (Å²) in [5, 5.41) is 4.54. The third-order valence-corrected chi connectivity index (χ3v) is 2.73. The molecule has 0 spiro atoms. The van der Waals surface area contributed by atoms with E-state index >= 15 is 0 Å². The van der Waals surface area contributed by atoms with E-state index < -0.39 is 0 Å². The molecule has 2 unspecified atom stereocenters. The SMILES string of the molecule is CC1=CC2NN=CC2S1. The molecule has 2 rings (SSSR count). The van der Waals surface area contributed by atoms with Gasteiger partial charge in [-0.15, -0.1) is 11.8 Å². The van der Waals surface area contributed by atoms with Crippen molar-refractivity contribution < 1.29 is 0 Å². The third kappa shape index (κ3) is 0.758.